The summed E-state index contributed by atoms with van der Waals surface area (Å²) in [5.74, 6) is 0.693. The van der Waals surface area contributed by atoms with Gasteiger partial charge in [0.1, 0.15) is 11.1 Å². The number of aromatic amines is 1. The number of aromatic nitrogens is 4. The lowest BCUT2D eigenvalue weighted by Crippen LogP contribution is -2.48. The average molecular weight is 354 g/mol. The number of carbonyl (C=O) groups excluding carboxylic acids is 1. The number of H-pyrrole nitrogens is 1. The van der Waals surface area contributed by atoms with Crippen LogP contribution in [0.15, 0.2) is 34.0 Å². The van der Waals surface area contributed by atoms with E-state index in [2.05, 4.69) is 25.3 Å². The van der Waals surface area contributed by atoms with Crippen LogP contribution in [-0.2, 0) is 0 Å². The fraction of sp³-hybridized carbons (Fsp3) is 0.353. The van der Waals surface area contributed by atoms with Gasteiger partial charge in [0.15, 0.2) is 0 Å². The van der Waals surface area contributed by atoms with Crippen LogP contribution in [-0.4, -0.2) is 45.0 Å². The number of nitrogens with zero attached hydrogens (tertiary/aromatic N) is 4. The topological polar surface area (TPSA) is 117 Å². The average Bonchev–Trinajstić information content (AvgIpc) is 3.00. The van der Waals surface area contributed by atoms with E-state index in [1.165, 1.54) is 6.33 Å². The number of fused-ring (bicyclic) bond motifs is 1. The zero-order chi connectivity index (χ0) is 18.1. The molecule has 134 valence electrons. The first-order valence-electron chi connectivity index (χ1n) is 8.43. The van der Waals surface area contributed by atoms with Gasteiger partial charge in [0.2, 0.25) is 11.7 Å². The van der Waals surface area contributed by atoms with Gasteiger partial charge in [-0.25, -0.2) is 15.0 Å². The number of rotatable bonds is 3. The first-order valence-corrected chi connectivity index (χ1v) is 8.43. The minimum Gasteiger partial charge on any atom is -0.442 e. The van der Waals surface area contributed by atoms with Crippen LogP contribution >= 0.6 is 0 Å². The normalized spacial score (nSPS) is 17.4. The van der Waals surface area contributed by atoms with Crippen LogP contribution in [0.4, 0.5) is 5.95 Å². The molecule has 1 amide bonds. The van der Waals surface area contributed by atoms with E-state index >= 15 is 0 Å². The van der Waals surface area contributed by atoms with Crippen molar-refractivity contribution in [1.29, 1.82) is 0 Å². The second-order valence-electron chi connectivity index (χ2n) is 6.25. The number of piperidine rings is 1. The van der Waals surface area contributed by atoms with Crippen LogP contribution < -0.4 is 15.8 Å². The van der Waals surface area contributed by atoms with Crippen LogP contribution in [0.2, 0.25) is 0 Å². The van der Waals surface area contributed by atoms with Crippen LogP contribution in [0.5, 0.6) is 0 Å². The summed E-state index contributed by atoms with van der Waals surface area (Å²) in [5.41, 5.74) is 0.0155. The Kier molecular flexibility index (Phi) is 4.11. The van der Waals surface area contributed by atoms with Gasteiger partial charge in [-0.15, -0.1) is 0 Å². The fourth-order valence-corrected chi connectivity index (χ4v) is 3.32. The van der Waals surface area contributed by atoms with Crippen molar-refractivity contribution < 1.29 is 9.21 Å². The molecular weight excluding hydrogens is 336 g/mol. The smallest absolute Gasteiger partial charge is 0.262 e. The maximum absolute atomic E-state index is 12.8. The van der Waals surface area contributed by atoms with Gasteiger partial charge < -0.3 is 19.6 Å². The lowest BCUT2D eigenvalue weighted by molar-refractivity contribution is 0.0933. The number of amides is 1. The molecule has 9 nitrogen and oxygen atoms in total. The van der Waals surface area contributed by atoms with Gasteiger partial charge >= 0.3 is 0 Å². The first kappa shape index (κ1) is 16.2. The molecule has 1 fully saturated rings. The highest BCUT2D eigenvalue weighted by atomic mass is 16.3. The van der Waals surface area contributed by atoms with Crippen LogP contribution in [0, 0.1) is 6.92 Å². The summed E-state index contributed by atoms with van der Waals surface area (Å²) < 4.78 is 5.46. The van der Waals surface area contributed by atoms with Gasteiger partial charge in [0, 0.05) is 31.5 Å². The van der Waals surface area contributed by atoms with Crippen molar-refractivity contribution in [1.82, 2.24) is 25.3 Å². The Morgan fingerprint density at radius 3 is 2.96 bits per heavy atom. The predicted molar refractivity (Wildman–Crippen MR) is 94.1 cm³/mol. The van der Waals surface area contributed by atoms with Crippen molar-refractivity contribution >= 4 is 23.0 Å². The fourth-order valence-electron chi connectivity index (χ4n) is 3.32. The first-order chi connectivity index (χ1) is 12.6. The lowest BCUT2D eigenvalue weighted by atomic mass is 10.0. The highest BCUT2D eigenvalue weighted by molar-refractivity contribution is 6.06. The number of anilines is 1. The Balaban J connectivity index is 1.55. The van der Waals surface area contributed by atoms with E-state index in [0.717, 1.165) is 19.4 Å². The lowest BCUT2D eigenvalue weighted by Gasteiger charge is -2.33. The third-order valence-electron chi connectivity index (χ3n) is 4.49. The van der Waals surface area contributed by atoms with Crippen LogP contribution in [0.1, 0.15) is 29.0 Å². The van der Waals surface area contributed by atoms with Crippen molar-refractivity contribution in [3.8, 4) is 0 Å². The Morgan fingerprint density at radius 2 is 2.15 bits per heavy atom. The molecule has 0 bridgehead atoms. The van der Waals surface area contributed by atoms with Crippen LogP contribution in [0.25, 0.3) is 11.1 Å². The standard InChI is InChI=1S/C17H18N6O3/c1-10-12(13-14(24)20-9-21-16(13)26-10)15(25)22-11-4-2-7-23(8-11)17-18-5-3-6-19-17/h3,5-6,9,11H,2,4,7-8H2,1H3,(H,22,25)(H,20,21,24). The van der Waals surface area contributed by atoms with Gasteiger partial charge in [0.25, 0.3) is 11.5 Å². The zero-order valence-electron chi connectivity index (χ0n) is 14.2. The molecule has 3 aromatic rings. The third kappa shape index (κ3) is 2.92. The van der Waals surface area contributed by atoms with Gasteiger partial charge in [-0.1, -0.05) is 0 Å². The molecule has 26 heavy (non-hydrogen) atoms. The minimum atomic E-state index is -0.389. The summed E-state index contributed by atoms with van der Waals surface area (Å²) in [4.78, 5) is 41.9. The number of carbonyl (C=O) groups is 1. The molecule has 1 atom stereocenters. The molecule has 4 rings (SSSR count). The summed E-state index contributed by atoms with van der Waals surface area (Å²) in [5, 5.41) is 3.19. The van der Waals surface area contributed by atoms with Crippen molar-refractivity contribution in [2.24, 2.45) is 0 Å². The van der Waals surface area contributed by atoms with Gasteiger partial charge in [0.05, 0.1) is 11.9 Å². The number of hydrogen-bond acceptors (Lipinski definition) is 7. The highest BCUT2D eigenvalue weighted by Gasteiger charge is 2.27. The SMILES string of the molecule is Cc1oc2nc[nH]c(=O)c2c1C(=O)NC1CCCN(c2ncccn2)C1. The Labute approximate surface area is 148 Å². The maximum atomic E-state index is 12.8. The van der Waals surface area contributed by atoms with E-state index in [4.69, 9.17) is 4.42 Å². The molecule has 0 saturated carbocycles. The number of furan rings is 1. The number of nitrogens with one attached hydrogen (secondary N) is 2. The molecule has 1 saturated heterocycles. The van der Waals surface area contributed by atoms with E-state index in [0.29, 0.717) is 18.3 Å². The zero-order valence-corrected chi connectivity index (χ0v) is 14.2. The molecule has 0 spiro atoms. The molecule has 1 aliphatic rings. The summed E-state index contributed by atoms with van der Waals surface area (Å²) in [6.07, 6.45) is 6.42. The Morgan fingerprint density at radius 1 is 1.35 bits per heavy atom. The number of hydrogen-bond donors (Lipinski definition) is 2. The highest BCUT2D eigenvalue weighted by Crippen LogP contribution is 2.21. The van der Waals surface area contributed by atoms with E-state index < -0.39 is 0 Å². The predicted octanol–water partition coefficient (Wildman–Crippen LogP) is 1.01. The Bertz CT molecular complexity index is 997. The van der Waals surface area contributed by atoms with Crippen molar-refractivity contribution in [2.75, 3.05) is 18.0 Å². The van der Waals surface area contributed by atoms with E-state index in [1.54, 1.807) is 25.4 Å². The molecule has 0 aromatic carbocycles. The van der Waals surface area contributed by atoms with E-state index in [9.17, 15) is 9.59 Å². The third-order valence-corrected chi connectivity index (χ3v) is 4.49. The molecule has 3 aromatic heterocycles. The summed E-state index contributed by atoms with van der Waals surface area (Å²) >= 11 is 0. The maximum Gasteiger partial charge on any atom is 0.262 e. The largest absolute Gasteiger partial charge is 0.442 e. The van der Waals surface area contributed by atoms with E-state index in [1.807, 2.05) is 4.90 Å². The molecule has 2 N–H and O–H groups in total. The van der Waals surface area contributed by atoms with Crippen molar-refractivity contribution in [2.45, 2.75) is 25.8 Å². The monoisotopic (exact) mass is 354 g/mol. The van der Waals surface area contributed by atoms with E-state index in [-0.39, 0.29) is 34.2 Å². The minimum absolute atomic E-state index is 0.0693. The summed E-state index contributed by atoms with van der Waals surface area (Å²) in [7, 11) is 0. The summed E-state index contributed by atoms with van der Waals surface area (Å²) in [6, 6.07) is 1.70. The van der Waals surface area contributed by atoms with Gasteiger partial charge in [-0.2, -0.15) is 0 Å². The molecule has 9 heteroatoms. The molecule has 1 aliphatic heterocycles. The molecule has 0 aliphatic carbocycles. The summed E-state index contributed by atoms with van der Waals surface area (Å²) in [6.45, 7) is 3.11. The van der Waals surface area contributed by atoms with Gasteiger partial charge in [-0.3, -0.25) is 9.59 Å². The second-order valence-corrected chi connectivity index (χ2v) is 6.25. The van der Waals surface area contributed by atoms with Crippen molar-refractivity contribution in [3.05, 3.63) is 46.5 Å². The Hall–Kier alpha value is -3.23. The molecule has 4 heterocycles. The second kappa shape index (κ2) is 6.58. The van der Waals surface area contributed by atoms with Crippen LogP contribution in [0.3, 0.4) is 0 Å². The molecular formula is C17H18N6O3. The van der Waals surface area contributed by atoms with Gasteiger partial charge in [-0.05, 0) is 25.8 Å². The molecule has 1 unspecified atom stereocenters. The quantitative estimate of drug-likeness (QED) is 0.721. The molecule has 0 radical (unpaired) electrons. The number of aryl methyl sites for hydroxylation is 1. The van der Waals surface area contributed by atoms with Crippen molar-refractivity contribution in [3.63, 3.8) is 0 Å².